The number of ether oxygens (including phenoxy) is 1. The molecule has 0 bridgehead atoms. The molecular formula is C13H20N2O3S. The zero-order chi connectivity index (χ0) is 14.3. The van der Waals surface area contributed by atoms with E-state index in [4.69, 9.17) is 10.5 Å². The van der Waals surface area contributed by atoms with Crippen molar-refractivity contribution in [3.05, 3.63) is 36.9 Å². The molecule has 1 rings (SSSR count). The van der Waals surface area contributed by atoms with Crippen LogP contribution in [0.4, 0.5) is 5.69 Å². The summed E-state index contributed by atoms with van der Waals surface area (Å²) < 4.78 is 30.7. The Kier molecular flexibility index (Phi) is 5.85. The van der Waals surface area contributed by atoms with Crippen molar-refractivity contribution in [2.24, 2.45) is 0 Å². The van der Waals surface area contributed by atoms with Crippen molar-refractivity contribution in [1.82, 2.24) is 4.31 Å². The fraction of sp³-hybridized carbons (Fsp3) is 0.385. The number of benzene rings is 1. The Morgan fingerprint density at radius 2 is 2.00 bits per heavy atom. The highest BCUT2D eigenvalue weighted by atomic mass is 32.2. The van der Waals surface area contributed by atoms with E-state index in [0.29, 0.717) is 24.5 Å². The minimum atomic E-state index is -3.30. The molecular weight excluding hydrogens is 264 g/mol. The molecule has 0 saturated heterocycles. The summed E-state index contributed by atoms with van der Waals surface area (Å²) in [7, 11) is -3.30. The van der Waals surface area contributed by atoms with Crippen molar-refractivity contribution in [1.29, 1.82) is 0 Å². The Morgan fingerprint density at radius 1 is 1.37 bits per heavy atom. The van der Waals surface area contributed by atoms with Gasteiger partial charge in [-0.25, -0.2) is 8.42 Å². The van der Waals surface area contributed by atoms with Crippen LogP contribution in [0.15, 0.2) is 36.9 Å². The third-order valence-electron chi connectivity index (χ3n) is 2.57. The molecule has 0 radical (unpaired) electrons. The maximum absolute atomic E-state index is 12.0. The molecule has 1 aromatic rings. The first-order valence-electron chi connectivity index (χ1n) is 6.06. The molecule has 0 fully saturated rings. The molecule has 0 aliphatic carbocycles. The van der Waals surface area contributed by atoms with Gasteiger partial charge in [0.05, 0.1) is 5.75 Å². The largest absolute Gasteiger partial charge is 0.492 e. The second-order valence-electron chi connectivity index (χ2n) is 3.97. The Morgan fingerprint density at radius 3 is 2.53 bits per heavy atom. The van der Waals surface area contributed by atoms with Crippen LogP contribution in [-0.2, 0) is 10.0 Å². The van der Waals surface area contributed by atoms with Crippen molar-refractivity contribution in [2.45, 2.75) is 6.92 Å². The molecule has 0 saturated carbocycles. The van der Waals surface area contributed by atoms with Gasteiger partial charge in [0.1, 0.15) is 12.4 Å². The van der Waals surface area contributed by atoms with E-state index in [2.05, 4.69) is 6.58 Å². The molecule has 5 nitrogen and oxygen atoms in total. The third-order valence-corrected chi connectivity index (χ3v) is 4.45. The second kappa shape index (κ2) is 7.16. The Hall–Kier alpha value is -1.53. The smallest absolute Gasteiger partial charge is 0.217 e. The first kappa shape index (κ1) is 15.5. The SMILES string of the molecule is C=CCN(CC)S(=O)(=O)CCOc1ccc(N)cc1. The van der Waals surface area contributed by atoms with Crippen LogP contribution in [0.2, 0.25) is 0 Å². The molecule has 6 heteroatoms. The molecule has 0 aromatic heterocycles. The van der Waals surface area contributed by atoms with Gasteiger partial charge in [-0.05, 0) is 24.3 Å². The highest BCUT2D eigenvalue weighted by Crippen LogP contribution is 2.13. The normalized spacial score (nSPS) is 11.5. The van der Waals surface area contributed by atoms with Crippen LogP contribution in [0, 0.1) is 0 Å². The zero-order valence-corrected chi connectivity index (χ0v) is 11.9. The molecule has 1 aromatic carbocycles. The fourth-order valence-electron chi connectivity index (χ4n) is 1.54. The van der Waals surface area contributed by atoms with Gasteiger partial charge in [0.2, 0.25) is 10.0 Å². The number of hydrogen-bond donors (Lipinski definition) is 1. The van der Waals surface area contributed by atoms with Crippen LogP contribution < -0.4 is 10.5 Å². The topological polar surface area (TPSA) is 72.6 Å². The van der Waals surface area contributed by atoms with Gasteiger partial charge in [-0.1, -0.05) is 13.0 Å². The average molecular weight is 284 g/mol. The summed E-state index contributed by atoms with van der Waals surface area (Å²) in [4.78, 5) is 0. The first-order valence-corrected chi connectivity index (χ1v) is 7.67. The number of rotatable bonds is 8. The van der Waals surface area contributed by atoms with Crippen molar-refractivity contribution in [3.63, 3.8) is 0 Å². The van der Waals surface area contributed by atoms with Crippen LogP contribution in [0.1, 0.15) is 6.92 Å². The van der Waals surface area contributed by atoms with E-state index in [1.54, 1.807) is 37.3 Å². The van der Waals surface area contributed by atoms with Crippen molar-refractivity contribution < 1.29 is 13.2 Å². The van der Waals surface area contributed by atoms with E-state index in [-0.39, 0.29) is 12.4 Å². The van der Waals surface area contributed by atoms with Gasteiger partial charge in [0.15, 0.2) is 0 Å². The van der Waals surface area contributed by atoms with Gasteiger partial charge in [0, 0.05) is 18.8 Å². The fourth-order valence-corrected chi connectivity index (χ4v) is 2.82. The van der Waals surface area contributed by atoms with Crippen LogP contribution in [0.3, 0.4) is 0 Å². The summed E-state index contributed by atoms with van der Waals surface area (Å²) in [6.45, 7) is 6.20. The van der Waals surface area contributed by atoms with Gasteiger partial charge >= 0.3 is 0 Å². The molecule has 0 spiro atoms. The minimum Gasteiger partial charge on any atom is -0.492 e. The predicted molar refractivity (Wildman–Crippen MR) is 77.6 cm³/mol. The Bertz CT molecular complexity index is 497. The molecule has 19 heavy (non-hydrogen) atoms. The van der Waals surface area contributed by atoms with Crippen molar-refractivity contribution in [3.8, 4) is 5.75 Å². The van der Waals surface area contributed by atoms with E-state index >= 15 is 0 Å². The van der Waals surface area contributed by atoms with E-state index in [1.165, 1.54) is 4.31 Å². The molecule has 0 atom stereocenters. The summed E-state index contributed by atoms with van der Waals surface area (Å²) in [6, 6.07) is 6.84. The van der Waals surface area contributed by atoms with Gasteiger partial charge in [0.25, 0.3) is 0 Å². The Labute approximate surface area is 114 Å². The van der Waals surface area contributed by atoms with Crippen LogP contribution in [0.5, 0.6) is 5.75 Å². The lowest BCUT2D eigenvalue weighted by molar-refractivity contribution is 0.336. The van der Waals surface area contributed by atoms with Crippen molar-refractivity contribution in [2.75, 3.05) is 31.2 Å². The number of anilines is 1. The first-order chi connectivity index (χ1) is 8.99. The van der Waals surface area contributed by atoms with E-state index in [9.17, 15) is 8.42 Å². The summed E-state index contributed by atoms with van der Waals surface area (Å²) in [5, 5.41) is 0. The Balaban J connectivity index is 2.51. The highest BCUT2D eigenvalue weighted by Gasteiger charge is 2.18. The lowest BCUT2D eigenvalue weighted by Crippen LogP contribution is -2.34. The van der Waals surface area contributed by atoms with E-state index in [0.717, 1.165) is 0 Å². The summed E-state index contributed by atoms with van der Waals surface area (Å²) in [5.74, 6) is 0.551. The van der Waals surface area contributed by atoms with Crippen LogP contribution in [-0.4, -0.2) is 38.2 Å². The monoisotopic (exact) mass is 284 g/mol. The molecule has 0 amide bonds. The number of likely N-dealkylation sites (N-methyl/N-ethyl adjacent to an activating group) is 1. The quantitative estimate of drug-likeness (QED) is 0.580. The standard InChI is InChI=1S/C13H20N2O3S/c1-3-9-15(4-2)19(16,17)11-10-18-13-7-5-12(14)6-8-13/h3,5-8H,1,4,9-11,14H2,2H3. The second-order valence-corrected chi connectivity index (χ2v) is 6.06. The molecule has 2 N–H and O–H groups in total. The summed E-state index contributed by atoms with van der Waals surface area (Å²) in [5.41, 5.74) is 6.19. The summed E-state index contributed by atoms with van der Waals surface area (Å²) >= 11 is 0. The average Bonchev–Trinajstić information content (AvgIpc) is 2.38. The van der Waals surface area contributed by atoms with Gasteiger partial charge < -0.3 is 10.5 Å². The molecule has 0 aliphatic heterocycles. The number of nitrogens with two attached hydrogens (primary N) is 1. The minimum absolute atomic E-state index is 0.0565. The van der Waals surface area contributed by atoms with Gasteiger partial charge in [-0.15, -0.1) is 6.58 Å². The lowest BCUT2D eigenvalue weighted by atomic mass is 10.3. The number of nitrogen functional groups attached to an aromatic ring is 1. The van der Waals surface area contributed by atoms with Gasteiger partial charge in [-0.3, -0.25) is 0 Å². The predicted octanol–water partition coefficient (Wildman–Crippen LogP) is 1.49. The lowest BCUT2D eigenvalue weighted by Gasteiger charge is -2.18. The molecule has 0 unspecified atom stereocenters. The molecule has 0 heterocycles. The van der Waals surface area contributed by atoms with Crippen LogP contribution in [0.25, 0.3) is 0 Å². The van der Waals surface area contributed by atoms with E-state index in [1.807, 2.05) is 0 Å². The van der Waals surface area contributed by atoms with Gasteiger partial charge in [-0.2, -0.15) is 4.31 Å². The summed E-state index contributed by atoms with van der Waals surface area (Å²) in [6.07, 6.45) is 1.57. The van der Waals surface area contributed by atoms with Crippen LogP contribution >= 0.6 is 0 Å². The zero-order valence-electron chi connectivity index (χ0n) is 11.1. The number of nitrogens with zero attached hydrogens (tertiary/aromatic N) is 1. The maximum atomic E-state index is 12.0. The highest BCUT2D eigenvalue weighted by molar-refractivity contribution is 7.89. The van der Waals surface area contributed by atoms with Crippen molar-refractivity contribution >= 4 is 15.7 Å². The third kappa shape index (κ3) is 4.92. The van der Waals surface area contributed by atoms with E-state index < -0.39 is 10.0 Å². The number of sulfonamides is 1. The molecule has 0 aliphatic rings. The number of hydrogen-bond acceptors (Lipinski definition) is 4. The maximum Gasteiger partial charge on any atom is 0.217 e. The molecule has 106 valence electrons.